The third-order valence-corrected chi connectivity index (χ3v) is 3.19. The van der Waals surface area contributed by atoms with Crippen LogP contribution in [0.15, 0.2) is 29.3 Å². The van der Waals surface area contributed by atoms with Crippen LogP contribution in [-0.4, -0.2) is 31.0 Å². The van der Waals surface area contributed by atoms with Crippen LogP contribution in [0.4, 0.5) is 0 Å². The SMILES string of the molecule is CCc1cccc(C2CN=C(N)N(C)C2)c1. The van der Waals surface area contributed by atoms with Crippen molar-refractivity contribution in [1.29, 1.82) is 0 Å². The standard InChI is InChI=1S/C13H19N3/c1-3-10-5-4-6-11(7-10)12-8-15-13(14)16(2)9-12/h4-7,12H,3,8-9H2,1-2H3,(H2,14,15). The van der Waals surface area contributed by atoms with Gasteiger partial charge >= 0.3 is 0 Å². The van der Waals surface area contributed by atoms with Crippen LogP contribution in [-0.2, 0) is 6.42 Å². The van der Waals surface area contributed by atoms with Crippen LogP contribution in [0.5, 0.6) is 0 Å². The molecule has 16 heavy (non-hydrogen) atoms. The zero-order chi connectivity index (χ0) is 11.5. The number of nitrogens with zero attached hydrogens (tertiary/aromatic N) is 2. The maximum Gasteiger partial charge on any atom is 0.191 e. The molecule has 0 aliphatic carbocycles. The summed E-state index contributed by atoms with van der Waals surface area (Å²) in [5, 5.41) is 0. The Labute approximate surface area is 97.0 Å². The molecule has 2 N–H and O–H groups in total. The first kappa shape index (κ1) is 11.0. The number of guanidine groups is 1. The monoisotopic (exact) mass is 217 g/mol. The van der Waals surface area contributed by atoms with Gasteiger partial charge in [0.1, 0.15) is 0 Å². The highest BCUT2D eigenvalue weighted by molar-refractivity contribution is 5.78. The third-order valence-electron chi connectivity index (χ3n) is 3.19. The highest BCUT2D eigenvalue weighted by Gasteiger charge is 2.19. The Hall–Kier alpha value is -1.51. The largest absolute Gasteiger partial charge is 0.370 e. The molecule has 3 nitrogen and oxygen atoms in total. The molecule has 1 aromatic carbocycles. The van der Waals surface area contributed by atoms with Crippen molar-refractivity contribution >= 4 is 5.96 Å². The van der Waals surface area contributed by atoms with Gasteiger partial charge in [0.15, 0.2) is 5.96 Å². The summed E-state index contributed by atoms with van der Waals surface area (Å²) in [6, 6.07) is 8.79. The van der Waals surface area contributed by atoms with Gasteiger partial charge in [-0.3, -0.25) is 4.99 Å². The first-order valence-electron chi connectivity index (χ1n) is 5.80. The van der Waals surface area contributed by atoms with Gasteiger partial charge in [0.25, 0.3) is 0 Å². The molecule has 1 aliphatic rings. The number of hydrogen-bond donors (Lipinski definition) is 1. The van der Waals surface area contributed by atoms with Crippen LogP contribution in [0.1, 0.15) is 24.0 Å². The molecule has 1 aliphatic heterocycles. The van der Waals surface area contributed by atoms with Gasteiger partial charge in [-0.15, -0.1) is 0 Å². The van der Waals surface area contributed by atoms with Gasteiger partial charge in [-0.1, -0.05) is 31.2 Å². The second-order valence-electron chi connectivity index (χ2n) is 4.37. The Morgan fingerprint density at radius 2 is 2.31 bits per heavy atom. The molecule has 1 atom stereocenters. The average molecular weight is 217 g/mol. The molecule has 0 aromatic heterocycles. The lowest BCUT2D eigenvalue weighted by atomic mass is 9.95. The summed E-state index contributed by atoms with van der Waals surface area (Å²) in [4.78, 5) is 6.37. The molecule has 0 saturated heterocycles. The van der Waals surface area contributed by atoms with Crippen molar-refractivity contribution in [2.75, 3.05) is 20.1 Å². The van der Waals surface area contributed by atoms with E-state index in [1.807, 2.05) is 11.9 Å². The molecule has 0 radical (unpaired) electrons. The molecule has 3 heteroatoms. The molecule has 0 fully saturated rings. The van der Waals surface area contributed by atoms with E-state index in [1.165, 1.54) is 11.1 Å². The minimum absolute atomic E-state index is 0.476. The molecule has 1 aromatic rings. The van der Waals surface area contributed by atoms with Gasteiger partial charge in [0.05, 0.1) is 6.54 Å². The molecule has 0 bridgehead atoms. The number of nitrogens with two attached hydrogens (primary N) is 1. The topological polar surface area (TPSA) is 41.6 Å². The number of aryl methyl sites for hydroxylation is 1. The number of likely N-dealkylation sites (N-methyl/N-ethyl adjacent to an activating group) is 1. The van der Waals surface area contributed by atoms with E-state index in [0.29, 0.717) is 11.9 Å². The minimum Gasteiger partial charge on any atom is -0.370 e. The van der Waals surface area contributed by atoms with E-state index in [9.17, 15) is 0 Å². The molecule has 1 unspecified atom stereocenters. The average Bonchev–Trinajstić information content (AvgIpc) is 2.33. The zero-order valence-corrected chi connectivity index (χ0v) is 9.98. The van der Waals surface area contributed by atoms with E-state index in [4.69, 9.17) is 5.73 Å². The zero-order valence-electron chi connectivity index (χ0n) is 9.98. The van der Waals surface area contributed by atoms with Crippen LogP contribution < -0.4 is 5.73 Å². The van der Waals surface area contributed by atoms with E-state index in [1.54, 1.807) is 0 Å². The Balaban J connectivity index is 2.19. The molecule has 0 amide bonds. The maximum atomic E-state index is 5.75. The van der Waals surface area contributed by atoms with Crippen molar-refractivity contribution in [2.24, 2.45) is 10.7 Å². The van der Waals surface area contributed by atoms with E-state index in [0.717, 1.165) is 19.5 Å². The Kier molecular flexibility index (Phi) is 3.13. The lowest BCUT2D eigenvalue weighted by molar-refractivity contribution is 0.422. The summed E-state index contributed by atoms with van der Waals surface area (Å²) < 4.78 is 0. The lowest BCUT2D eigenvalue weighted by Crippen LogP contribution is -2.41. The van der Waals surface area contributed by atoms with Gasteiger partial charge in [-0.25, -0.2) is 0 Å². The van der Waals surface area contributed by atoms with E-state index in [-0.39, 0.29) is 0 Å². The van der Waals surface area contributed by atoms with E-state index in [2.05, 4.69) is 36.2 Å². The lowest BCUT2D eigenvalue weighted by Gasteiger charge is -2.29. The number of hydrogen-bond acceptors (Lipinski definition) is 3. The fourth-order valence-electron chi connectivity index (χ4n) is 2.08. The third kappa shape index (κ3) is 2.18. The summed E-state index contributed by atoms with van der Waals surface area (Å²) in [7, 11) is 1.99. The van der Waals surface area contributed by atoms with Crippen molar-refractivity contribution in [3.05, 3.63) is 35.4 Å². The van der Waals surface area contributed by atoms with Gasteiger partial charge in [-0.05, 0) is 17.5 Å². The molecule has 1 heterocycles. The first-order valence-corrected chi connectivity index (χ1v) is 5.80. The second-order valence-corrected chi connectivity index (χ2v) is 4.37. The summed E-state index contributed by atoms with van der Waals surface area (Å²) in [5.41, 5.74) is 8.52. The quantitative estimate of drug-likeness (QED) is 0.817. The summed E-state index contributed by atoms with van der Waals surface area (Å²) in [6.07, 6.45) is 1.09. The minimum atomic E-state index is 0.476. The van der Waals surface area contributed by atoms with Gasteiger partial charge < -0.3 is 10.6 Å². The van der Waals surface area contributed by atoms with Crippen molar-refractivity contribution in [3.8, 4) is 0 Å². The number of aliphatic imine (C=N–C) groups is 1. The highest BCUT2D eigenvalue weighted by Crippen LogP contribution is 2.21. The molecular weight excluding hydrogens is 198 g/mol. The first-order chi connectivity index (χ1) is 7.70. The Morgan fingerprint density at radius 3 is 3.00 bits per heavy atom. The molecule has 0 spiro atoms. The fraction of sp³-hybridized carbons (Fsp3) is 0.462. The van der Waals surface area contributed by atoms with Crippen LogP contribution in [0.3, 0.4) is 0 Å². The summed E-state index contributed by atoms with van der Waals surface area (Å²) in [6.45, 7) is 3.95. The predicted octanol–water partition coefficient (Wildman–Crippen LogP) is 1.59. The smallest absolute Gasteiger partial charge is 0.191 e. The van der Waals surface area contributed by atoms with Crippen molar-refractivity contribution in [2.45, 2.75) is 19.3 Å². The normalized spacial score (nSPS) is 20.8. The number of benzene rings is 1. The van der Waals surface area contributed by atoms with Crippen molar-refractivity contribution < 1.29 is 0 Å². The highest BCUT2D eigenvalue weighted by atomic mass is 15.2. The van der Waals surface area contributed by atoms with Crippen LogP contribution in [0, 0.1) is 0 Å². The predicted molar refractivity (Wildman–Crippen MR) is 67.7 cm³/mol. The van der Waals surface area contributed by atoms with Crippen LogP contribution in [0.25, 0.3) is 0 Å². The van der Waals surface area contributed by atoms with Crippen LogP contribution >= 0.6 is 0 Å². The molecule has 2 rings (SSSR count). The number of rotatable bonds is 2. The van der Waals surface area contributed by atoms with Crippen LogP contribution in [0.2, 0.25) is 0 Å². The van der Waals surface area contributed by atoms with Crippen molar-refractivity contribution in [1.82, 2.24) is 4.90 Å². The van der Waals surface area contributed by atoms with Crippen molar-refractivity contribution in [3.63, 3.8) is 0 Å². The Bertz CT molecular complexity index is 398. The molecule has 0 saturated carbocycles. The Morgan fingerprint density at radius 1 is 1.50 bits per heavy atom. The molecule has 86 valence electrons. The summed E-state index contributed by atoms with van der Waals surface area (Å²) in [5.74, 6) is 1.13. The second kappa shape index (κ2) is 4.56. The fourth-order valence-corrected chi connectivity index (χ4v) is 2.08. The maximum absolute atomic E-state index is 5.75. The van der Waals surface area contributed by atoms with Gasteiger partial charge in [-0.2, -0.15) is 0 Å². The van der Waals surface area contributed by atoms with E-state index < -0.39 is 0 Å². The summed E-state index contributed by atoms with van der Waals surface area (Å²) >= 11 is 0. The van der Waals surface area contributed by atoms with Gasteiger partial charge in [0, 0.05) is 19.5 Å². The van der Waals surface area contributed by atoms with E-state index >= 15 is 0 Å². The van der Waals surface area contributed by atoms with Gasteiger partial charge in [0.2, 0.25) is 0 Å². The molecular formula is C13H19N3.